The highest BCUT2D eigenvalue weighted by Crippen LogP contribution is 2.27. The van der Waals surface area contributed by atoms with E-state index < -0.39 is 4.92 Å². The average Bonchev–Trinajstić information content (AvgIpc) is 2.92. The molecule has 2 amide bonds. The molecule has 2 aliphatic heterocycles. The molecule has 186 valence electrons. The molecule has 4 rings (SSSR count). The molecule has 2 aromatic carbocycles. The number of carbonyl (C=O) groups excluding carboxylic acids is 2. The van der Waals surface area contributed by atoms with Crippen LogP contribution in [0.25, 0.3) is 0 Å². The molecule has 0 saturated carbocycles. The van der Waals surface area contributed by atoms with Gasteiger partial charge >= 0.3 is 0 Å². The van der Waals surface area contributed by atoms with Gasteiger partial charge < -0.3 is 24.2 Å². The van der Waals surface area contributed by atoms with Gasteiger partial charge in [-0.2, -0.15) is 0 Å². The first-order chi connectivity index (χ1) is 16.9. The Morgan fingerprint density at radius 3 is 1.94 bits per heavy atom. The Morgan fingerprint density at radius 1 is 0.857 bits per heavy atom. The standard InChI is InChI=1S/C25H30N4O6/c1-34-22-15-19(16-23(17-22)35-2)25(31)27-9-7-18(8-10-27)24(30)28-13-11-26(12-14-28)20-3-5-21(6-4-20)29(32)33/h3-6,15-18H,7-14H2,1-2H3. The molecule has 0 aliphatic carbocycles. The van der Waals surface area contributed by atoms with Crippen LogP contribution in [0.1, 0.15) is 23.2 Å². The number of ether oxygens (including phenoxy) is 2. The van der Waals surface area contributed by atoms with Gasteiger partial charge in [0.2, 0.25) is 5.91 Å². The van der Waals surface area contributed by atoms with Gasteiger partial charge in [-0.15, -0.1) is 0 Å². The van der Waals surface area contributed by atoms with Gasteiger partial charge in [0, 0.05) is 74.6 Å². The van der Waals surface area contributed by atoms with E-state index >= 15 is 0 Å². The van der Waals surface area contributed by atoms with Crippen molar-refractivity contribution < 1.29 is 24.0 Å². The fraction of sp³-hybridized carbons (Fsp3) is 0.440. The summed E-state index contributed by atoms with van der Waals surface area (Å²) in [5.41, 5.74) is 1.50. The maximum Gasteiger partial charge on any atom is 0.269 e. The first-order valence-electron chi connectivity index (χ1n) is 11.7. The van der Waals surface area contributed by atoms with Crippen molar-refractivity contribution in [1.29, 1.82) is 0 Å². The van der Waals surface area contributed by atoms with Crippen molar-refractivity contribution in [3.05, 3.63) is 58.1 Å². The van der Waals surface area contributed by atoms with E-state index in [0.29, 0.717) is 69.2 Å². The van der Waals surface area contributed by atoms with Gasteiger partial charge in [-0.1, -0.05) is 0 Å². The number of benzene rings is 2. The molecule has 10 nitrogen and oxygen atoms in total. The van der Waals surface area contributed by atoms with Crippen molar-refractivity contribution in [1.82, 2.24) is 9.80 Å². The SMILES string of the molecule is COc1cc(OC)cc(C(=O)N2CCC(C(=O)N3CCN(c4ccc([N+](=O)[O-])cc4)CC3)CC2)c1. The van der Waals surface area contributed by atoms with E-state index in [-0.39, 0.29) is 23.4 Å². The second-order valence-corrected chi connectivity index (χ2v) is 8.75. The highest BCUT2D eigenvalue weighted by molar-refractivity contribution is 5.95. The van der Waals surface area contributed by atoms with Crippen LogP contribution >= 0.6 is 0 Å². The Kier molecular flexibility index (Phi) is 7.38. The van der Waals surface area contributed by atoms with Crippen LogP contribution in [0, 0.1) is 16.0 Å². The van der Waals surface area contributed by atoms with Crippen molar-refractivity contribution in [3.8, 4) is 11.5 Å². The molecule has 0 N–H and O–H groups in total. The molecule has 0 radical (unpaired) electrons. The van der Waals surface area contributed by atoms with Crippen LogP contribution in [0.5, 0.6) is 11.5 Å². The number of anilines is 1. The maximum atomic E-state index is 13.1. The van der Waals surface area contributed by atoms with Crippen LogP contribution in [0.2, 0.25) is 0 Å². The molecule has 0 unspecified atom stereocenters. The van der Waals surface area contributed by atoms with E-state index in [1.54, 1.807) is 49.5 Å². The minimum atomic E-state index is -0.410. The summed E-state index contributed by atoms with van der Waals surface area (Å²) in [6, 6.07) is 11.6. The lowest BCUT2D eigenvalue weighted by molar-refractivity contribution is -0.384. The number of methoxy groups -OCH3 is 2. The van der Waals surface area contributed by atoms with Gasteiger partial charge in [-0.05, 0) is 37.1 Å². The number of piperidine rings is 1. The topological polar surface area (TPSA) is 105 Å². The second-order valence-electron chi connectivity index (χ2n) is 8.75. The lowest BCUT2D eigenvalue weighted by atomic mass is 9.94. The minimum absolute atomic E-state index is 0.0675. The number of piperazine rings is 1. The predicted molar refractivity (Wildman–Crippen MR) is 130 cm³/mol. The van der Waals surface area contributed by atoms with Crippen LogP contribution in [0.15, 0.2) is 42.5 Å². The molecular formula is C25H30N4O6. The number of amides is 2. The largest absolute Gasteiger partial charge is 0.497 e. The summed E-state index contributed by atoms with van der Waals surface area (Å²) in [5.74, 6) is 1.08. The molecule has 2 aliphatic rings. The Hall–Kier alpha value is -3.82. The number of likely N-dealkylation sites (tertiary alicyclic amines) is 1. The Bertz CT molecular complexity index is 1050. The molecule has 0 aromatic heterocycles. The number of nitrogens with zero attached hydrogens (tertiary/aromatic N) is 4. The molecule has 0 atom stereocenters. The fourth-order valence-electron chi connectivity index (χ4n) is 4.67. The smallest absolute Gasteiger partial charge is 0.269 e. The summed E-state index contributed by atoms with van der Waals surface area (Å²) in [5, 5.41) is 10.9. The maximum absolute atomic E-state index is 13.1. The van der Waals surface area contributed by atoms with E-state index in [9.17, 15) is 19.7 Å². The van der Waals surface area contributed by atoms with Crippen LogP contribution in [-0.2, 0) is 4.79 Å². The van der Waals surface area contributed by atoms with Crippen molar-refractivity contribution in [2.75, 3.05) is 58.4 Å². The first-order valence-corrected chi connectivity index (χ1v) is 11.7. The predicted octanol–water partition coefficient (Wildman–Crippen LogP) is 2.81. The monoisotopic (exact) mass is 482 g/mol. The lowest BCUT2D eigenvalue weighted by Crippen LogP contribution is -2.52. The van der Waals surface area contributed by atoms with Gasteiger partial charge in [0.05, 0.1) is 19.1 Å². The summed E-state index contributed by atoms with van der Waals surface area (Å²) in [6.07, 6.45) is 1.27. The van der Waals surface area contributed by atoms with E-state index in [1.165, 1.54) is 12.1 Å². The van der Waals surface area contributed by atoms with Gasteiger partial charge in [0.1, 0.15) is 11.5 Å². The van der Waals surface area contributed by atoms with Crippen molar-refractivity contribution >= 4 is 23.2 Å². The fourth-order valence-corrected chi connectivity index (χ4v) is 4.67. The zero-order valence-corrected chi connectivity index (χ0v) is 20.0. The normalized spacial score (nSPS) is 16.7. The van der Waals surface area contributed by atoms with Gasteiger partial charge in [0.25, 0.3) is 11.6 Å². The summed E-state index contributed by atoms with van der Waals surface area (Å²) in [4.78, 5) is 42.4. The van der Waals surface area contributed by atoms with E-state index in [2.05, 4.69) is 4.90 Å². The van der Waals surface area contributed by atoms with Crippen LogP contribution in [0.3, 0.4) is 0 Å². The number of non-ortho nitro benzene ring substituents is 1. The highest BCUT2D eigenvalue weighted by atomic mass is 16.6. The number of carbonyl (C=O) groups is 2. The third-order valence-electron chi connectivity index (χ3n) is 6.75. The molecule has 2 saturated heterocycles. The van der Waals surface area contributed by atoms with E-state index in [0.717, 1.165) is 5.69 Å². The Balaban J connectivity index is 1.29. The summed E-state index contributed by atoms with van der Waals surface area (Å²) < 4.78 is 10.5. The third-order valence-corrected chi connectivity index (χ3v) is 6.75. The first kappa shape index (κ1) is 24.3. The number of hydrogen-bond donors (Lipinski definition) is 0. The minimum Gasteiger partial charge on any atom is -0.497 e. The van der Waals surface area contributed by atoms with E-state index in [4.69, 9.17) is 9.47 Å². The zero-order chi connectivity index (χ0) is 24.9. The number of rotatable bonds is 6. The third kappa shape index (κ3) is 5.47. The average molecular weight is 483 g/mol. The van der Waals surface area contributed by atoms with Gasteiger partial charge in [0.15, 0.2) is 0 Å². The molecular weight excluding hydrogens is 452 g/mol. The van der Waals surface area contributed by atoms with Crippen molar-refractivity contribution in [2.24, 2.45) is 5.92 Å². The second kappa shape index (κ2) is 10.6. The molecule has 0 spiro atoms. The van der Waals surface area contributed by atoms with Gasteiger partial charge in [-0.3, -0.25) is 19.7 Å². The number of nitro benzene ring substituents is 1. The molecule has 10 heteroatoms. The molecule has 2 fully saturated rings. The van der Waals surface area contributed by atoms with E-state index in [1.807, 2.05) is 4.90 Å². The van der Waals surface area contributed by atoms with Gasteiger partial charge in [-0.25, -0.2) is 0 Å². The number of nitro groups is 1. The summed E-state index contributed by atoms with van der Waals surface area (Å²) in [7, 11) is 3.09. The van der Waals surface area contributed by atoms with Crippen molar-refractivity contribution in [3.63, 3.8) is 0 Å². The Morgan fingerprint density at radius 2 is 1.43 bits per heavy atom. The molecule has 0 bridgehead atoms. The van der Waals surface area contributed by atoms with Crippen LogP contribution in [0.4, 0.5) is 11.4 Å². The summed E-state index contributed by atoms with van der Waals surface area (Å²) in [6.45, 7) is 3.63. The lowest BCUT2D eigenvalue weighted by Gasteiger charge is -2.39. The quantitative estimate of drug-likeness (QED) is 0.460. The highest BCUT2D eigenvalue weighted by Gasteiger charge is 2.32. The molecule has 2 aromatic rings. The van der Waals surface area contributed by atoms with Crippen molar-refractivity contribution in [2.45, 2.75) is 12.8 Å². The summed E-state index contributed by atoms with van der Waals surface area (Å²) >= 11 is 0. The molecule has 35 heavy (non-hydrogen) atoms. The number of hydrogen-bond acceptors (Lipinski definition) is 7. The Labute approximate surface area is 204 Å². The zero-order valence-electron chi connectivity index (χ0n) is 20.0. The van der Waals surface area contributed by atoms with Crippen LogP contribution in [-0.4, -0.2) is 80.0 Å². The van der Waals surface area contributed by atoms with Crippen LogP contribution < -0.4 is 14.4 Å². The molecule has 2 heterocycles.